The Kier molecular flexibility index (Phi) is 6.79. The highest BCUT2D eigenvalue weighted by Gasteiger charge is 2.38. The third-order valence-corrected chi connectivity index (χ3v) is 3.57. The maximum absolute atomic E-state index is 12.4. The average Bonchev–Trinajstić information content (AvgIpc) is 2.59. The third-order valence-electron chi connectivity index (χ3n) is 3.57. The first kappa shape index (κ1) is 22.9. The van der Waals surface area contributed by atoms with Crippen LogP contribution in [0.4, 0.5) is 0 Å². The Hall–Kier alpha value is -3.10. The molecule has 0 aliphatic carbocycles. The van der Waals surface area contributed by atoms with E-state index in [1.54, 1.807) is 0 Å². The molecule has 0 saturated carbocycles. The molecule has 0 fully saturated rings. The molecule has 1 rings (SSSR count). The molecule has 8 nitrogen and oxygen atoms in total. The minimum absolute atomic E-state index is 0.0418. The Bertz CT molecular complexity index is 790. The minimum Gasteiger partial charge on any atom is -0.422 e. The van der Waals surface area contributed by atoms with Crippen molar-refractivity contribution in [1.29, 1.82) is 0 Å². The van der Waals surface area contributed by atoms with E-state index < -0.39 is 35.1 Å². The van der Waals surface area contributed by atoms with Gasteiger partial charge in [0.1, 0.15) is 0 Å². The van der Waals surface area contributed by atoms with Crippen molar-refractivity contribution in [3.8, 4) is 0 Å². The molecule has 1 aromatic carbocycles. The van der Waals surface area contributed by atoms with Gasteiger partial charge in [-0.25, -0.2) is 9.59 Å². The lowest BCUT2D eigenvalue weighted by Gasteiger charge is -2.24. The largest absolute Gasteiger partial charge is 0.422 e. The fourth-order valence-electron chi connectivity index (χ4n) is 2.19. The van der Waals surface area contributed by atoms with Crippen LogP contribution in [0.1, 0.15) is 48.4 Å². The van der Waals surface area contributed by atoms with Gasteiger partial charge in [0.15, 0.2) is 0 Å². The van der Waals surface area contributed by atoms with Gasteiger partial charge in [-0.05, 0) is 37.1 Å². The summed E-state index contributed by atoms with van der Waals surface area (Å²) in [6, 6.07) is 5.19. The summed E-state index contributed by atoms with van der Waals surface area (Å²) in [6.07, 6.45) is 0. The van der Waals surface area contributed by atoms with Crippen molar-refractivity contribution < 1.29 is 38.9 Å². The standard InChI is InChI=1S/C20H22O8/c1-11(2)15(21)19(5,25)27-17(23)13-9-7-8-10-14(13)18(24)28-20(6,26)16(22)12(3)4/h7-10,25-26H,1,3H2,2,4-6H3. The molecule has 0 bridgehead atoms. The number of benzene rings is 1. The molecule has 150 valence electrons. The first-order valence-corrected chi connectivity index (χ1v) is 8.11. The van der Waals surface area contributed by atoms with E-state index in [1.165, 1.54) is 38.1 Å². The van der Waals surface area contributed by atoms with Crippen molar-refractivity contribution in [3.63, 3.8) is 0 Å². The molecule has 0 aromatic heterocycles. The molecule has 0 aliphatic rings. The molecular weight excluding hydrogens is 368 g/mol. The Balaban J connectivity index is 3.17. The van der Waals surface area contributed by atoms with Crippen LogP contribution >= 0.6 is 0 Å². The lowest BCUT2D eigenvalue weighted by molar-refractivity contribution is -0.173. The first-order chi connectivity index (χ1) is 12.7. The zero-order chi connectivity index (χ0) is 21.9. The van der Waals surface area contributed by atoms with Gasteiger partial charge in [0.25, 0.3) is 11.6 Å². The summed E-state index contributed by atoms with van der Waals surface area (Å²) in [7, 11) is 0. The number of ketones is 2. The van der Waals surface area contributed by atoms with Crippen LogP contribution < -0.4 is 0 Å². The van der Waals surface area contributed by atoms with Crippen LogP contribution in [0.3, 0.4) is 0 Å². The van der Waals surface area contributed by atoms with Crippen molar-refractivity contribution in [2.24, 2.45) is 0 Å². The zero-order valence-electron chi connectivity index (χ0n) is 16.1. The monoisotopic (exact) mass is 390 g/mol. The van der Waals surface area contributed by atoms with Crippen LogP contribution in [0.25, 0.3) is 0 Å². The molecule has 2 atom stereocenters. The molecule has 2 N–H and O–H groups in total. The maximum Gasteiger partial charge on any atom is 0.341 e. The summed E-state index contributed by atoms with van der Waals surface area (Å²) >= 11 is 0. The molecule has 8 heteroatoms. The molecule has 1 aromatic rings. The molecule has 28 heavy (non-hydrogen) atoms. The fraction of sp³-hybridized carbons (Fsp3) is 0.300. The Morgan fingerprint density at radius 2 is 1.07 bits per heavy atom. The van der Waals surface area contributed by atoms with Crippen molar-refractivity contribution in [3.05, 3.63) is 59.7 Å². The highest BCUT2D eigenvalue weighted by atomic mass is 16.7. The zero-order valence-corrected chi connectivity index (χ0v) is 16.1. The SMILES string of the molecule is C=C(C)C(=O)C(C)(O)OC(=O)c1ccccc1C(=O)OC(C)(O)C(=O)C(=C)C. The van der Waals surface area contributed by atoms with Gasteiger partial charge in [0.05, 0.1) is 11.1 Å². The Morgan fingerprint density at radius 1 is 0.786 bits per heavy atom. The van der Waals surface area contributed by atoms with Gasteiger partial charge in [-0.2, -0.15) is 0 Å². The number of hydrogen-bond donors (Lipinski definition) is 2. The average molecular weight is 390 g/mol. The number of ether oxygens (including phenoxy) is 2. The van der Waals surface area contributed by atoms with E-state index in [-0.39, 0.29) is 22.3 Å². The van der Waals surface area contributed by atoms with E-state index in [4.69, 9.17) is 9.47 Å². The number of carbonyl (C=O) groups excluding carboxylic acids is 4. The van der Waals surface area contributed by atoms with Crippen LogP contribution in [0.2, 0.25) is 0 Å². The van der Waals surface area contributed by atoms with Gasteiger partial charge in [-0.1, -0.05) is 25.3 Å². The van der Waals surface area contributed by atoms with E-state index in [0.717, 1.165) is 13.8 Å². The van der Waals surface area contributed by atoms with Crippen molar-refractivity contribution in [1.82, 2.24) is 0 Å². The van der Waals surface area contributed by atoms with Gasteiger partial charge in [0, 0.05) is 13.8 Å². The van der Waals surface area contributed by atoms with E-state index >= 15 is 0 Å². The van der Waals surface area contributed by atoms with E-state index in [9.17, 15) is 29.4 Å². The number of aliphatic hydroxyl groups is 2. The van der Waals surface area contributed by atoms with Crippen LogP contribution in [0, 0.1) is 0 Å². The lowest BCUT2D eigenvalue weighted by Crippen LogP contribution is -2.42. The van der Waals surface area contributed by atoms with Crippen molar-refractivity contribution >= 4 is 23.5 Å². The smallest absolute Gasteiger partial charge is 0.341 e. The third kappa shape index (κ3) is 5.21. The van der Waals surface area contributed by atoms with Crippen molar-refractivity contribution in [2.75, 3.05) is 0 Å². The highest BCUT2D eigenvalue weighted by Crippen LogP contribution is 2.21. The maximum atomic E-state index is 12.4. The van der Waals surface area contributed by atoms with Crippen molar-refractivity contribution in [2.45, 2.75) is 39.3 Å². The molecule has 0 heterocycles. The van der Waals surface area contributed by atoms with Gasteiger partial charge in [-0.15, -0.1) is 0 Å². The summed E-state index contributed by atoms with van der Waals surface area (Å²) in [5.74, 6) is -9.23. The predicted octanol–water partition coefficient (Wildman–Crippen LogP) is 1.71. The normalized spacial score (nSPS) is 14.8. The van der Waals surface area contributed by atoms with Crippen LogP contribution in [0.15, 0.2) is 48.6 Å². The molecular formula is C20H22O8. The summed E-state index contributed by atoms with van der Waals surface area (Å²) in [5, 5.41) is 20.1. The van der Waals surface area contributed by atoms with Gasteiger partial charge < -0.3 is 19.7 Å². The molecule has 0 saturated heterocycles. The molecule has 2 unspecified atom stereocenters. The number of esters is 2. The van der Waals surface area contributed by atoms with Crippen LogP contribution in [-0.4, -0.2) is 45.3 Å². The summed E-state index contributed by atoms with van der Waals surface area (Å²) in [6.45, 7) is 11.3. The predicted molar refractivity (Wildman–Crippen MR) is 98.2 cm³/mol. The van der Waals surface area contributed by atoms with E-state index in [1.807, 2.05) is 0 Å². The topological polar surface area (TPSA) is 127 Å². The second kappa shape index (κ2) is 8.28. The number of carbonyl (C=O) groups is 4. The quantitative estimate of drug-likeness (QED) is 0.390. The second-order valence-electron chi connectivity index (χ2n) is 6.51. The van der Waals surface area contributed by atoms with Gasteiger partial charge >= 0.3 is 11.9 Å². The number of rotatable bonds is 8. The molecule has 0 spiro atoms. The molecule has 0 aliphatic heterocycles. The summed E-state index contributed by atoms with van der Waals surface area (Å²) < 4.78 is 9.62. The lowest BCUT2D eigenvalue weighted by atomic mass is 10.1. The number of Topliss-reactive ketones (excluding diaryl/α,β-unsaturated/α-hetero) is 2. The molecule has 0 radical (unpaired) electrons. The van der Waals surface area contributed by atoms with Crippen LogP contribution in [-0.2, 0) is 19.1 Å². The Labute approximate surface area is 162 Å². The fourth-order valence-corrected chi connectivity index (χ4v) is 2.19. The van der Waals surface area contributed by atoms with Gasteiger partial charge in [0.2, 0.25) is 11.6 Å². The van der Waals surface area contributed by atoms with E-state index in [2.05, 4.69) is 13.2 Å². The first-order valence-electron chi connectivity index (χ1n) is 8.11. The molecule has 0 amide bonds. The van der Waals surface area contributed by atoms with Crippen LogP contribution in [0.5, 0.6) is 0 Å². The second-order valence-corrected chi connectivity index (χ2v) is 6.51. The summed E-state index contributed by atoms with van der Waals surface area (Å²) in [5.41, 5.74) is -0.776. The van der Waals surface area contributed by atoms with Gasteiger partial charge in [-0.3, -0.25) is 9.59 Å². The minimum atomic E-state index is -2.50. The number of hydrogen-bond acceptors (Lipinski definition) is 8. The Morgan fingerprint density at radius 3 is 1.32 bits per heavy atom. The van der Waals surface area contributed by atoms with E-state index in [0.29, 0.717) is 0 Å². The summed E-state index contributed by atoms with van der Waals surface area (Å²) in [4.78, 5) is 48.6. The highest BCUT2D eigenvalue weighted by molar-refractivity contribution is 6.07.